The number of carbonyl (C=O) groups is 3. The quantitative estimate of drug-likeness (QED) is 0.687. The highest BCUT2D eigenvalue weighted by Gasteiger charge is 2.40. The van der Waals surface area contributed by atoms with Crippen LogP contribution in [0.4, 0.5) is 0 Å². The summed E-state index contributed by atoms with van der Waals surface area (Å²) < 4.78 is 5.96. The van der Waals surface area contributed by atoms with Crippen LogP contribution in [0.2, 0.25) is 0 Å². The van der Waals surface area contributed by atoms with E-state index in [0.29, 0.717) is 24.4 Å². The minimum Gasteiger partial charge on any atom is -0.375 e. The van der Waals surface area contributed by atoms with Gasteiger partial charge in [0.25, 0.3) is 5.91 Å². The molecule has 4 aliphatic rings. The molecule has 8 heteroatoms. The van der Waals surface area contributed by atoms with Crippen LogP contribution in [0.3, 0.4) is 0 Å². The lowest BCUT2D eigenvalue weighted by molar-refractivity contribution is -0.136. The van der Waals surface area contributed by atoms with Crippen LogP contribution < -0.4 is 10.6 Å². The third-order valence-corrected chi connectivity index (χ3v) is 6.59. The molecule has 0 radical (unpaired) electrons. The molecule has 2 N–H and O–H groups in total. The Bertz CT molecular complexity index is 853. The molecule has 3 saturated heterocycles. The van der Waals surface area contributed by atoms with Gasteiger partial charge in [0.2, 0.25) is 11.8 Å². The molecule has 8 nitrogen and oxygen atoms in total. The summed E-state index contributed by atoms with van der Waals surface area (Å²) >= 11 is 0. The van der Waals surface area contributed by atoms with Gasteiger partial charge >= 0.3 is 0 Å². The first-order valence-corrected chi connectivity index (χ1v) is 10.4. The van der Waals surface area contributed by atoms with E-state index in [1.165, 1.54) is 0 Å². The number of carbonyl (C=O) groups excluding carboxylic acids is 3. The third-order valence-electron chi connectivity index (χ3n) is 6.59. The molecule has 0 saturated carbocycles. The van der Waals surface area contributed by atoms with Gasteiger partial charge in [-0.05, 0) is 23.6 Å². The Labute approximate surface area is 169 Å². The summed E-state index contributed by atoms with van der Waals surface area (Å²) in [7, 11) is 0. The highest BCUT2D eigenvalue weighted by molar-refractivity contribution is 6.05. The maximum Gasteiger partial charge on any atom is 0.255 e. The van der Waals surface area contributed by atoms with Crippen LogP contribution in [0.25, 0.3) is 0 Å². The molecule has 29 heavy (non-hydrogen) atoms. The fraction of sp³-hybridized carbons (Fsp3) is 0.571. The molecule has 154 valence electrons. The van der Waals surface area contributed by atoms with Crippen LogP contribution in [0.5, 0.6) is 0 Å². The van der Waals surface area contributed by atoms with E-state index in [-0.39, 0.29) is 30.2 Å². The fourth-order valence-electron chi connectivity index (χ4n) is 4.77. The highest BCUT2D eigenvalue weighted by Crippen LogP contribution is 2.31. The van der Waals surface area contributed by atoms with Crippen LogP contribution in [-0.4, -0.2) is 72.5 Å². The van der Waals surface area contributed by atoms with Gasteiger partial charge in [-0.15, -0.1) is 0 Å². The average molecular weight is 398 g/mol. The van der Waals surface area contributed by atoms with E-state index < -0.39 is 6.04 Å². The topological polar surface area (TPSA) is 91.0 Å². The maximum absolute atomic E-state index is 13.0. The van der Waals surface area contributed by atoms with Gasteiger partial charge in [0.1, 0.15) is 6.04 Å². The molecule has 1 aromatic carbocycles. The van der Waals surface area contributed by atoms with Crippen LogP contribution in [0, 0.1) is 5.92 Å². The van der Waals surface area contributed by atoms with E-state index in [4.69, 9.17) is 4.74 Å². The van der Waals surface area contributed by atoms with Crippen molar-refractivity contribution in [1.29, 1.82) is 0 Å². The predicted molar refractivity (Wildman–Crippen MR) is 104 cm³/mol. The number of imide groups is 1. The number of rotatable bonds is 4. The van der Waals surface area contributed by atoms with Gasteiger partial charge < -0.3 is 15.0 Å². The Morgan fingerprint density at radius 2 is 2.03 bits per heavy atom. The molecule has 3 fully saturated rings. The molecule has 4 aliphatic heterocycles. The second kappa shape index (κ2) is 7.51. The SMILES string of the molecule is O=C1CCC(N2Cc3c(CN4CCOC(C5CNC5)C4)cccc3C2=O)C(=O)N1. The molecule has 0 aromatic heterocycles. The zero-order valence-electron chi connectivity index (χ0n) is 16.4. The van der Waals surface area contributed by atoms with Crippen molar-refractivity contribution in [3.05, 3.63) is 34.9 Å². The standard InChI is InChI=1S/C21H26N4O4/c26-19-5-4-17(20(27)23-19)25-11-16-13(2-1-3-15(16)21(25)28)10-24-6-7-29-18(12-24)14-8-22-9-14/h1-3,14,17-18,22H,4-12H2,(H,23,26,27). The fourth-order valence-corrected chi connectivity index (χ4v) is 4.77. The first-order chi connectivity index (χ1) is 14.1. The summed E-state index contributed by atoms with van der Waals surface area (Å²) in [6.45, 7) is 5.77. The second-order valence-electron chi connectivity index (χ2n) is 8.41. The van der Waals surface area contributed by atoms with Gasteiger partial charge in [0.15, 0.2) is 0 Å². The number of fused-ring (bicyclic) bond motifs is 1. The number of nitrogens with zero attached hydrogens (tertiary/aromatic N) is 2. The smallest absolute Gasteiger partial charge is 0.255 e. The van der Waals surface area contributed by atoms with Crippen LogP contribution in [0.15, 0.2) is 18.2 Å². The Hall–Kier alpha value is -2.29. The van der Waals surface area contributed by atoms with E-state index >= 15 is 0 Å². The first-order valence-electron chi connectivity index (χ1n) is 10.4. The number of benzene rings is 1. The molecule has 1 aromatic rings. The number of nitrogens with one attached hydrogen (secondary N) is 2. The van der Waals surface area contributed by atoms with Gasteiger partial charge in [-0.1, -0.05) is 12.1 Å². The van der Waals surface area contributed by atoms with Gasteiger partial charge in [-0.2, -0.15) is 0 Å². The molecule has 0 aliphatic carbocycles. The van der Waals surface area contributed by atoms with Crippen molar-refractivity contribution >= 4 is 17.7 Å². The minimum absolute atomic E-state index is 0.114. The van der Waals surface area contributed by atoms with E-state index in [9.17, 15) is 14.4 Å². The second-order valence-corrected chi connectivity index (χ2v) is 8.41. The van der Waals surface area contributed by atoms with Gasteiger partial charge in [-0.3, -0.25) is 24.6 Å². The number of piperidine rings is 1. The molecular formula is C21H26N4O4. The van der Waals surface area contributed by atoms with Crippen molar-refractivity contribution < 1.29 is 19.1 Å². The zero-order chi connectivity index (χ0) is 20.0. The summed E-state index contributed by atoms with van der Waals surface area (Å²) in [5.41, 5.74) is 2.83. The van der Waals surface area contributed by atoms with E-state index in [1.807, 2.05) is 12.1 Å². The number of hydrogen-bond acceptors (Lipinski definition) is 6. The largest absolute Gasteiger partial charge is 0.375 e. The summed E-state index contributed by atoms with van der Waals surface area (Å²) in [4.78, 5) is 40.7. The van der Waals surface area contributed by atoms with Gasteiger partial charge in [0, 0.05) is 57.2 Å². The molecule has 5 rings (SSSR count). The first kappa shape index (κ1) is 18.7. The van der Waals surface area contributed by atoms with E-state index in [2.05, 4.69) is 21.6 Å². The van der Waals surface area contributed by atoms with E-state index in [0.717, 1.165) is 50.5 Å². The van der Waals surface area contributed by atoms with Crippen molar-refractivity contribution in [3.8, 4) is 0 Å². The lowest BCUT2D eigenvalue weighted by Crippen LogP contribution is -2.55. The molecule has 4 heterocycles. The zero-order valence-corrected chi connectivity index (χ0v) is 16.4. The molecule has 0 spiro atoms. The summed E-state index contributed by atoms with van der Waals surface area (Å²) in [6, 6.07) is 5.28. The Morgan fingerprint density at radius 3 is 2.79 bits per heavy atom. The minimum atomic E-state index is -0.570. The molecular weight excluding hydrogens is 372 g/mol. The van der Waals surface area contributed by atoms with Crippen molar-refractivity contribution in [1.82, 2.24) is 20.4 Å². The highest BCUT2D eigenvalue weighted by atomic mass is 16.5. The summed E-state index contributed by atoms with van der Waals surface area (Å²) in [6.07, 6.45) is 0.929. The van der Waals surface area contributed by atoms with Gasteiger partial charge in [0.05, 0.1) is 12.7 Å². The Morgan fingerprint density at radius 1 is 1.17 bits per heavy atom. The van der Waals surface area contributed by atoms with Gasteiger partial charge in [-0.25, -0.2) is 0 Å². The average Bonchev–Trinajstić information content (AvgIpc) is 2.99. The van der Waals surface area contributed by atoms with Crippen LogP contribution >= 0.6 is 0 Å². The van der Waals surface area contributed by atoms with Crippen LogP contribution in [-0.2, 0) is 27.4 Å². The summed E-state index contributed by atoms with van der Waals surface area (Å²) in [5, 5.41) is 5.67. The van der Waals surface area contributed by atoms with Crippen molar-refractivity contribution in [3.63, 3.8) is 0 Å². The maximum atomic E-state index is 13.0. The lowest BCUT2D eigenvalue weighted by atomic mass is 9.94. The normalized spacial score (nSPS) is 28.3. The summed E-state index contributed by atoms with van der Waals surface area (Å²) in [5.74, 6) is -0.158. The molecule has 2 atom stereocenters. The van der Waals surface area contributed by atoms with Crippen molar-refractivity contribution in [2.75, 3.05) is 32.8 Å². The predicted octanol–water partition coefficient (Wildman–Crippen LogP) is -0.132. The number of morpholine rings is 1. The number of hydrogen-bond donors (Lipinski definition) is 2. The molecule has 0 bridgehead atoms. The van der Waals surface area contributed by atoms with Crippen molar-refractivity contribution in [2.24, 2.45) is 5.92 Å². The molecule has 3 amide bonds. The van der Waals surface area contributed by atoms with E-state index in [1.54, 1.807) is 4.90 Å². The van der Waals surface area contributed by atoms with Crippen molar-refractivity contribution in [2.45, 2.75) is 38.1 Å². The number of amides is 3. The third kappa shape index (κ3) is 3.45. The van der Waals surface area contributed by atoms with Crippen LogP contribution in [0.1, 0.15) is 34.3 Å². The molecule has 2 unspecified atom stereocenters. The Balaban J connectivity index is 1.31. The number of ether oxygens (including phenoxy) is 1. The lowest BCUT2D eigenvalue weighted by Gasteiger charge is -2.41. The Kier molecular flexibility index (Phi) is 4.85. The monoisotopic (exact) mass is 398 g/mol.